The van der Waals surface area contributed by atoms with E-state index in [1.807, 2.05) is 0 Å². The van der Waals surface area contributed by atoms with Crippen molar-refractivity contribution in [3.63, 3.8) is 0 Å². The van der Waals surface area contributed by atoms with Crippen LogP contribution in [0.15, 0.2) is 12.1 Å². The highest BCUT2D eigenvalue weighted by Gasteiger charge is 2.00. The van der Waals surface area contributed by atoms with Gasteiger partial charge in [0.25, 0.3) is 0 Å². The lowest BCUT2D eigenvalue weighted by molar-refractivity contribution is 1.29. The number of aryl methyl sites for hydroxylation is 1. The number of benzene rings is 1. The van der Waals surface area contributed by atoms with Crippen LogP contribution in [-0.4, -0.2) is 9.91 Å². The molecule has 1 aromatic rings. The monoisotopic (exact) mass is 182 g/mol. The Labute approximate surface area is 73.5 Å². The lowest BCUT2D eigenvalue weighted by Gasteiger charge is -2.08. The average Bonchev–Trinajstić information content (AvgIpc) is 2.01. The smallest absolute Gasteiger partial charge is 0.0346 e. The molecule has 0 bridgehead atoms. The Balaban J connectivity index is 3.25. The molecular formula is C9H15PSi. The van der Waals surface area contributed by atoms with Crippen molar-refractivity contribution in [2.24, 2.45) is 0 Å². The van der Waals surface area contributed by atoms with Gasteiger partial charge in [-0.15, -0.1) is 8.13 Å². The van der Waals surface area contributed by atoms with Crippen LogP contribution < -0.4 is 5.30 Å². The van der Waals surface area contributed by atoms with Gasteiger partial charge in [-0.25, -0.2) is 0 Å². The van der Waals surface area contributed by atoms with Crippen LogP contribution in [0.2, 0.25) is 0 Å². The summed E-state index contributed by atoms with van der Waals surface area (Å²) in [6.45, 7) is 6.64. The highest BCUT2D eigenvalue weighted by molar-refractivity contribution is 7.73. The van der Waals surface area contributed by atoms with E-state index < -0.39 is 0 Å². The molecule has 0 saturated carbocycles. The van der Waals surface area contributed by atoms with Crippen molar-refractivity contribution in [3.05, 3.63) is 28.8 Å². The van der Waals surface area contributed by atoms with Gasteiger partial charge in [0.2, 0.25) is 0 Å². The van der Waals surface area contributed by atoms with E-state index >= 15 is 0 Å². The maximum Gasteiger partial charge on any atom is 0.0346 e. The molecule has 0 spiro atoms. The van der Waals surface area contributed by atoms with Crippen LogP contribution in [0.25, 0.3) is 0 Å². The minimum atomic E-state index is 1.06. The summed E-state index contributed by atoms with van der Waals surface area (Å²) in [6, 6.07) is 4.52. The molecular weight excluding hydrogens is 167 g/mol. The Morgan fingerprint density at radius 2 is 1.73 bits per heavy atom. The van der Waals surface area contributed by atoms with Crippen molar-refractivity contribution in [3.8, 4) is 0 Å². The van der Waals surface area contributed by atoms with Gasteiger partial charge in [0.1, 0.15) is 0 Å². The minimum absolute atomic E-state index is 1.06. The molecule has 0 radical (unpaired) electrons. The number of rotatable bonds is 1. The Hall–Kier alpha value is -0.133. The van der Waals surface area contributed by atoms with Crippen LogP contribution in [0.4, 0.5) is 0 Å². The lowest BCUT2D eigenvalue weighted by atomic mass is 10.1. The molecule has 0 aliphatic rings. The molecule has 0 aliphatic carbocycles. The summed E-state index contributed by atoms with van der Waals surface area (Å²) in [5.74, 6) is 0. The minimum Gasteiger partial charge on any atom is -0.113 e. The molecule has 0 saturated heterocycles. The Morgan fingerprint density at radius 3 is 2.27 bits per heavy atom. The molecule has 1 aromatic carbocycles. The van der Waals surface area contributed by atoms with Gasteiger partial charge < -0.3 is 0 Å². The topological polar surface area (TPSA) is 0 Å². The molecule has 0 N–H and O–H groups in total. The third kappa shape index (κ3) is 1.72. The summed E-state index contributed by atoms with van der Waals surface area (Å²) in [5.41, 5.74) is 4.41. The van der Waals surface area contributed by atoms with E-state index in [0.717, 1.165) is 8.13 Å². The van der Waals surface area contributed by atoms with Gasteiger partial charge in [0, 0.05) is 9.91 Å². The molecule has 0 aromatic heterocycles. The first-order valence-electron chi connectivity index (χ1n) is 3.91. The zero-order valence-corrected chi connectivity index (χ0v) is 10.7. The summed E-state index contributed by atoms with van der Waals surface area (Å²) in [6.07, 6.45) is 0. The summed E-state index contributed by atoms with van der Waals surface area (Å²) in [5, 5.41) is 1.57. The Kier molecular flexibility index (Phi) is 2.86. The maximum atomic E-state index is 2.28. The molecule has 1 rings (SSSR count). The molecule has 0 aliphatic heterocycles. The first-order valence-corrected chi connectivity index (χ1v) is 8.41. The molecule has 60 valence electrons. The zero-order valence-electron chi connectivity index (χ0n) is 7.65. The summed E-state index contributed by atoms with van der Waals surface area (Å²) in [4.78, 5) is 0. The van der Waals surface area contributed by atoms with Crippen LogP contribution in [0, 0.1) is 20.8 Å². The molecule has 11 heavy (non-hydrogen) atoms. The average molecular weight is 182 g/mol. The lowest BCUT2D eigenvalue weighted by Crippen LogP contribution is -2.03. The van der Waals surface area contributed by atoms with Gasteiger partial charge in [-0.05, 0) is 42.8 Å². The maximum absolute atomic E-state index is 2.28. The second-order valence-electron chi connectivity index (χ2n) is 2.93. The second kappa shape index (κ2) is 3.51. The molecule has 0 nitrogen and oxygen atoms in total. The largest absolute Gasteiger partial charge is 0.113 e. The fourth-order valence-corrected chi connectivity index (χ4v) is 3.66. The fourth-order valence-electron chi connectivity index (χ4n) is 1.23. The highest BCUT2D eigenvalue weighted by Crippen LogP contribution is 2.14. The Bertz CT molecular complexity index is 269. The summed E-state index contributed by atoms with van der Waals surface area (Å²) < 4.78 is 0. The van der Waals surface area contributed by atoms with Crippen LogP contribution in [-0.2, 0) is 0 Å². The van der Waals surface area contributed by atoms with Gasteiger partial charge in [0.05, 0.1) is 0 Å². The SMILES string of the molecule is Cc1ccc(P[SiH3])c(C)c1C. The van der Waals surface area contributed by atoms with Crippen LogP contribution in [0.3, 0.4) is 0 Å². The third-order valence-electron chi connectivity index (χ3n) is 2.33. The van der Waals surface area contributed by atoms with Crippen LogP contribution >= 0.6 is 8.13 Å². The fraction of sp³-hybridized carbons (Fsp3) is 0.333. The van der Waals surface area contributed by atoms with Gasteiger partial charge in [-0.1, -0.05) is 12.1 Å². The third-order valence-corrected chi connectivity index (χ3v) is 5.02. The zero-order chi connectivity index (χ0) is 8.43. The second-order valence-corrected chi connectivity index (χ2v) is 5.47. The van der Waals surface area contributed by atoms with E-state index in [4.69, 9.17) is 0 Å². The van der Waals surface area contributed by atoms with Gasteiger partial charge >= 0.3 is 0 Å². The van der Waals surface area contributed by atoms with E-state index in [1.54, 1.807) is 5.30 Å². The summed E-state index contributed by atoms with van der Waals surface area (Å²) in [7, 11) is 2.36. The number of hydrogen-bond acceptors (Lipinski definition) is 0. The van der Waals surface area contributed by atoms with Crippen molar-refractivity contribution in [2.45, 2.75) is 20.8 Å². The standard InChI is InChI=1S/C9H15PSi/c1-6-4-5-9(10-11)8(3)7(6)2/h4-5,10H,1-3,11H3. The highest BCUT2D eigenvalue weighted by atomic mass is 31.3. The predicted molar refractivity (Wildman–Crippen MR) is 58.5 cm³/mol. The van der Waals surface area contributed by atoms with E-state index in [2.05, 4.69) is 32.9 Å². The van der Waals surface area contributed by atoms with Crippen molar-refractivity contribution in [1.29, 1.82) is 0 Å². The van der Waals surface area contributed by atoms with E-state index in [-0.39, 0.29) is 0 Å². The first-order chi connectivity index (χ1) is 5.16. The van der Waals surface area contributed by atoms with Gasteiger partial charge in [-0.3, -0.25) is 0 Å². The van der Waals surface area contributed by atoms with E-state index in [0.29, 0.717) is 0 Å². The molecule has 1 atom stereocenters. The van der Waals surface area contributed by atoms with Crippen LogP contribution in [0.1, 0.15) is 16.7 Å². The molecule has 2 heteroatoms. The molecule has 0 heterocycles. The van der Waals surface area contributed by atoms with Gasteiger partial charge in [0.15, 0.2) is 0 Å². The normalized spacial score (nSPS) is 11.5. The van der Waals surface area contributed by atoms with Crippen molar-refractivity contribution >= 4 is 23.3 Å². The van der Waals surface area contributed by atoms with Crippen molar-refractivity contribution in [2.75, 3.05) is 0 Å². The summed E-state index contributed by atoms with van der Waals surface area (Å²) >= 11 is 0. The predicted octanol–water partition coefficient (Wildman–Crippen LogP) is 1.20. The van der Waals surface area contributed by atoms with Crippen molar-refractivity contribution < 1.29 is 0 Å². The molecule has 0 fully saturated rings. The van der Waals surface area contributed by atoms with E-state index in [9.17, 15) is 0 Å². The van der Waals surface area contributed by atoms with Crippen LogP contribution in [0.5, 0.6) is 0 Å². The van der Waals surface area contributed by atoms with Gasteiger partial charge in [-0.2, -0.15) is 0 Å². The number of hydrogen-bond donors (Lipinski definition) is 0. The molecule has 1 unspecified atom stereocenters. The Morgan fingerprint density at radius 1 is 1.09 bits per heavy atom. The van der Waals surface area contributed by atoms with E-state index in [1.165, 1.54) is 26.6 Å². The first kappa shape index (κ1) is 8.96. The van der Waals surface area contributed by atoms with Crippen molar-refractivity contribution in [1.82, 2.24) is 0 Å². The quantitative estimate of drug-likeness (QED) is 0.452. The molecule has 0 amide bonds.